The van der Waals surface area contributed by atoms with Gasteiger partial charge in [0.15, 0.2) is 5.96 Å². The molecule has 0 saturated heterocycles. The van der Waals surface area contributed by atoms with Gasteiger partial charge < -0.3 is 15.4 Å². The van der Waals surface area contributed by atoms with Crippen molar-refractivity contribution in [2.75, 3.05) is 26.8 Å². The number of halogens is 1. The van der Waals surface area contributed by atoms with Crippen LogP contribution in [0.4, 0.5) is 0 Å². The number of hydrogen-bond acceptors (Lipinski definition) is 4. The second kappa shape index (κ2) is 10.9. The topological polar surface area (TPSA) is 76.4 Å². The number of nitrogens with one attached hydrogen (secondary N) is 2. The summed E-state index contributed by atoms with van der Waals surface area (Å²) in [6, 6.07) is 3.97. The van der Waals surface area contributed by atoms with Crippen molar-refractivity contribution < 1.29 is 4.74 Å². The first-order chi connectivity index (χ1) is 10.8. The van der Waals surface area contributed by atoms with Crippen molar-refractivity contribution in [3.8, 4) is 5.82 Å². The molecule has 0 spiro atoms. The van der Waals surface area contributed by atoms with Crippen molar-refractivity contribution in [1.82, 2.24) is 25.2 Å². The first-order valence-corrected chi connectivity index (χ1v) is 7.28. The third kappa shape index (κ3) is 6.53. The summed E-state index contributed by atoms with van der Waals surface area (Å²) >= 11 is 0. The van der Waals surface area contributed by atoms with E-state index in [0.29, 0.717) is 13.2 Å². The summed E-state index contributed by atoms with van der Waals surface area (Å²) in [5.41, 5.74) is 1.05. The monoisotopic (exact) mass is 430 g/mol. The minimum Gasteiger partial charge on any atom is -0.383 e. The van der Waals surface area contributed by atoms with Gasteiger partial charge >= 0.3 is 0 Å². The Hall–Kier alpha value is -1.68. The molecule has 0 fully saturated rings. The Morgan fingerprint density at radius 1 is 1.35 bits per heavy atom. The summed E-state index contributed by atoms with van der Waals surface area (Å²) in [5, 5.41) is 6.40. The lowest BCUT2D eigenvalue weighted by Crippen LogP contribution is -2.38. The Labute approximate surface area is 153 Å². The van der Waals surface area contributed by atoms with E-state index >= 15 is 0 Å². The van der Waals surface area contributed by atoms with Crippen molar-refractivity contribution in [2.24, 2.45) is 4.99 Å². The molecule has 0 aliphatic heterocycles. The van der Waals surface area contributed by atoms with Crippen molar-refractivity contribution >= 4 is 29.9 Å². The number of hydrogen-bond donors (Lipinski definition) is 2. The van der Waals surface area contributed by atoms with E-state index in [1.54, 1.807) is 19.6 Å². The second-order valence-corrected chi connectivity index (χ2v) is 4.61. The highest BCUT2D eigenvalue weighted by Crippen LogP contribution is 2.06. The number of ether oxygens (including phenoxy) is 1. The van der Waals surface area contributed by atoms with Crippen LogP contribution in [0.5, 0.6) is 0 Å². The molecule has 0 unspecified atom stereocenters. The van der Waals surface area contributed by atoms with Gasteiger partial charge in [-0.05, 0) is 18.6 Å². The van der Waals surface area contributed by atoms with Crippen LogP contribution in [0.1, 0.15) is 12.5 Å². The van der Waals surface area contributed by atoms with E-state index in [0.717, 1.165) is 30.4 Å². The molecule has 0 amide bonds. The van der Waals surface area contributed by atoms with Gasteiger partial charge in [-0.2, -0.15) is 0 Å². The molecule has 2 rings (SSSR count). The van der Waals surface area contributed by atoms with E-state index in [1.807, 2.05) is 36.0 Å². The molecule has 126 valence electrons. The Balaban J connectivity index is 0.00000264. The fourth-order valence-corrected chi connectivity index (χ4v) is 1.84. The Morgan fingerprint density at radius 3 is 2.83 bits per heavy atom. The van der Waals surface area contributed by atoms with Gasteiger partial charge in [-0.3, -0.25) is 4.57 Å². The van der Waals surface area contributed by atoms with E-state index in [4.69, 9.17) is 4.74 Å². The van der Waals surface area contributed by atoms with E-state index in [-0.39, 0.29) is 24.0 Å². The van der Waals surface area contributed by atoms with Crippen LogP contribution in [0.2, 0.25) is 0 Å². The van der Waals surface area contributed by atoms with Crippen LogP contribution in [0.25, 0.3) is 5.82 Å². The SMILES string of the molecule is CCNC(=NCc1ccc(-n2ccnc2)nc1)NCCOC.I. The largest absolute Gasteiger partial charge is 0.383 e. The number of pyridine rings is 1. The number of methoxy groups -OCH3 is 1. The minimum atomic E-state index is 0. The summed E-state index contributed by atoms with van der Waals surface area (Å²) in [5.74, 6) is 1.62. The van der Waals surface area contributed by atoms with Gasteiger partial charge in [0, 0.05) is 38.8 Å². The number of nitrogens with zero attached hydrogens (tertiary/aromatic N) is 4. The lowest BCUT2D eigenvalue weighted by Gasteiger charge is -2.10. The van der Waals surface area contributed by atoms with E-state index in [2.05, 4.69) is 25.6 Å². The molecule has 0 radical (unpaired) electrons. The quantitative estimate of drug-likeness (QED) is 0.302. The van der Waals surface area contributed by atoms with E-state index in [9.17, 15) is 0 Å². The van der Waals surface area contributed by atoms with Gasteiger partial charge in [0.2, 0.25) is 0 Å². The van der Waals surface area contributed by atoms with Crippen molar-refractivity contribution in [2.45, 2.75) is 13.5 Å². The first kappa shape index (κ1) is 19.4. The van der Waals surface area contributed by atoms with Crippen molar-refractivity contribution in [3.05, 3.63) is 42.6 Å². The first-order valence-electron chi connectivity index (χ1n) is 7.28. The molecule has 2 N–H and O–H groups in total. The number of guanidine groups is 1. The van der Waals surface area contributed by atoms with Crippen LogP contribution < -0.4 is 10.6 Å². The maximum absolute atomic E-state index is 5.02. The average Bonchev–Trinajstić information content (AvgIpc) is 3.08. The van der Waals surface area contributed by atoms with Gasteiger partial charge in [-0.15, -0.1) is 24.0 Å². The highest BCUT2D eigenvalue weighted by atomic mass is 127. The molecule has 0 aliphatic carbocycles. The second-order valence-electron chi connectivity index (χ2n) is 4.61. The lowest BCUT2D eigenvalue weighted by molar-refractivity contribution is 0.203. The van der Waals surface area contributed by atoms with E-state index in [1.165, 1.54) is 0 Å². The van der Waals surface area contributed by atoms with Crippen molar-refractivity contribution in [3.63, 3.8) is 0 Å². The summed E-state index contributed by atoms with van der Waals surface area (Å²) in [4.78, 5) is 13.0. The predicted molar refractivity (Wildman–Crippen MR) is 101 cm³/mol. The molecule has 0 bridgehead atoms. The van der Waals surface area contributed by atoms with Crippen LogP contribution >= 0.6 is 24.0 Å². The molecule has 8 heteroatoms. The number of aliphatic imine (C=N–C) groups is 1. The minimum absolute atomic E-state index is 0. The zero-order valence-corrected chi connectivity index (χ0v) is 15.7. The van der Waals surface area contributed by atoms with Crippen LogP contribution in [-0.2, 0) is 11.3 Å². The third-order valence-electron chi connectivity index (χ3n) is 2.94. The fraction of sp³-hybridized carbons (Fsp3) is 0.400. The summed E-state index contributed by atoms with van der Waals surface area (Å²) in [7, 11) is 1.68. The van der Waals surface area contributed by atoms with Crippen LogP contribution in [0.3, 0.4) is 0 Å². The number of aromatic nitrogens is 3. The molecule has 2 heterocycles. The standard InChI is InChI=1S/C15H22N6O.HI/c1-3-17-15(18-7-9-22-2)20-11-13-4-5-14(19-10-13)21-8-6-16-12-21;/h4-6,8,10,12H,3,7,9,11H2,1-2H3,(H2,17,18,20);1H. The molecule has 2 aromatic rings. The number of rotatable bonds is 7. The Kier molecular flexibility index (Phi) is 9.22. The average molecular weight is 430 g/mol. The smallest absolute Gasteiger partial charge is 0.191 e. The van der Waals surface area contributed by atoms with Gasteiger partial charge in [0.1, 0.15) is 12.1 Å². The molecule has 7 nitrogen and oxygen atoms in total. The molecule has 0 aromatic carbocycles. The fourth-order valence-electron chi connectivity index (χ4n) is 1.84. The lowest BCUT2D eigenvalue weighted by atomic mass is 10.3. The summed E-state index contributed by atoms with van der Waals surface area (Å²) in [6.07, 6.45) is 7.15. The molecule has 0 aliphatic rings. The highest BCUT2D eigenvalue weighted by Gasteiger charge is 1.99. The predicted octanol–water partition coefficient (Wildman–Crippen LogP) is 1.59. The van der Waals surface area contributed by atoms with Crippen LogP contribution in [0, 0.1) is 0 Å². The maximum Gasteiger partial charge on any atom is 0.191 e. The van der Waals surface area contributed by atoms with Gasteiger partial charge in [0.05, 0.1) is 13.2 Å². The summed E-state index contributed by atoms with van der Waals surface area (Å²) in [6.45, 7) is 4.79. The highest BCUT2D eigenvalue weighted by molar-refractivity contribution is 14.0. The summed E-state index contributed by atoms with van der Waals surface area (Å²) < 4.78 is 6.88. The van der Waals surface area contributed by atoms with Crippen LogP contribution in [0.15, 0.2) is 42.0 Å². The van der Waals surface area contributed by atoms with Gasteiger partial charge in [0.25, 0.3) is 0 Å². The zero-order valence-electron chi connectivity index (χ0n) is 13.4. The van der Waals surface area contributed by atoms with Gasteiger partial charge in [-0.1, -0.05) is 6.07 Å². The molecule has 0 atom stereocenters. The van der Waals surface area contributed by atoms with Gasteiger partial charge in [-0.25, -0.2) is 15.0 Å². The molecular formula is C15H23IN6O. The maximum atomic E-state index is 5.02. The zero-order chi connectivity index (χ0) is 15.6. The normalized spacial score (nSPS) is 11.0. The van der Waals surface area contributed by atoms with E-state index < -0.39 is 0 Å². The Morgan fingerprint density at radius 2 is 2.22 bits per heavy atom. The van der Waals surface area contributed by atoms with Crippen LogP contribution in [-0.4, -0.2) is 47.3 Å². The molecule has 0 saturated carbocycles. The molecule has 2 aromatic heterocycles. The third-order valence-corrected chi connectivity index (χ3v) is 2.94. The molecule has 23 heavy (non-hydrogen) atoms. The Bertz CT molecular complexity index is 570. The number of imidazole rings is 1. The molecular weight excluding hydrogens is 407 g/mol. The van der Waals surface area contributed by atoms with Crippen molar-refractivity contribution in [1.29, 1.82) is 0 Å².